The highest BCUT2D eigenvalue weighted by atomic mass is 16.6. The fourth-order valence-corrected chi connectivity index (χ4v) is 3.25. The van der Waals surface area contributed by atoms with E-state index in [0.29, 0.717) is 25.6 Å². The average Bonchev–Trinajstić information content (AvgIpc) is 2.47. The maximum absolute atomic E-state index is 12.4. The predicted octanol–water partition coefficient (Wildman–Crippen LogP) is 2.48. The van der Waals surface area contributed by atoms with Crippen molar-refractivity contribution >= 4 is 11.9 Å². The second-order valence-electron chi connectivity index (χ2n) is 5.23. The summed E-state index contributed by atoms with van der Waals surface area (Å²) in [7, 11) is 0. The SMILES string of the molecule is CCOC(=O)C1(C(=O)OCC)CCC=C[C@@H]2CC[C@H]21. The van der Waals surface area contributed by atoms with Gasteiger partial charge in [0, 0.05) is 0 Å². The van der Waals surface area contributed by atoms with Gasteiger partial charge in [-0.3, -0.25) is 9.59 Å². The van der Waals surface area contributed by atoms with Crippen LogP contribution < -0.4 is 0 Å². The van der Waals surface area contributed by atoms with Crippen LogP contribution in [0.25, 0.3) is 0 Å². The standard InChI is InChI=1S/C15H22O4/c1-3-18-13(16)15(14(17)19-4-2)10-6-5-7-11-8-9-12(11)15/h5,7,11-12H,3-4,6,8-10H2,1-2H3/t11-,12-/m1/s1. The van der Waals surface area contributed by atoms with Crippen molar-refractivity contribution < 1.29 is 19.1 Å². The van der Waals surface area contributed by atoms with Crippen LogP contribution in [0, 0.1) is 17.3 Å². The molecule has 1 fully saturated rings. The largest absolute Gasteiger partial charge is 0.465 e. The first-order chi connectivity index (χ1) is 9.16. The molecule has 0 aromatic rings. The lowest BCUT2D eigenvalue weighted by molar-refractivity contribution is -0.182. The van der Waals surface area contributed by atoms with Crippen molar-refractivity contribution in [2.24, 2.45) is 17.3 Å². The van der Waals surface area contributed by atoms with Crippen LogP contribution in [0.3, 0.4) is 0 Å². The van der Waals surface area contributed by atoms with Gasteiger partial charge in [-0.05, 0) is 51.4 Å². The molecule has 2 atom stereocenters. The third-order valence-electron chi connectivity index (χ3n) is 4.33. The molecule has 0 aliphatic heterocycles. The molecule has 0 aromatic carbocycles. The summed E-state index contributed by atoms with van der Waals surface area (Å²) in [6.45, 7) is 4.13. The number of ether oxygens (including phenoxy) is 2. The molecule has 2 aliphatic rings. The van der Waals surface area contributed by atoms with Crippen molar-refractivity contribution in [2.45, 2.75) is 39.5 Å². The first-order valence-corrected chi connectivity index (χ1v) is 7.18. The van der Waals surface area contributed by atoms with Crippen LogP contribution in [0.15, 0.2) is 12.2 Å². The second-order valence-corrected chi connectivity index (χ2v) is 5.23. The number of carbonyl (C=O) groups is 2. The molecule has 0 spiro atoms. The number of rotatable bonds is 4. The summed E-state index contributed by atoms with van der Waals surface area (Å²) in [5, 5.41) is 0. The fourth-order valence-electron chi connectivity index (χ4n) is 3.25. The van der Waals surface area contributed by atoms with E-state index < -0.39 is 17.4 Å². The molecular formula is C15H22O4. The van der Waals surface area contributed by atoms with Crippen LogP contribution in [-0.2, 0) is 19.1 Å². The van der Waals surface area contributed by atoms with Crippen molar-refractivity contribution in [3.8, 4) is 0 Å². The van der Waals surface area contributed by atoms with Gasteiger partial charge >= 0.3 is 11.9 Å². The molecule has 2 rings (SSSR count). The minimum absolute atomic E-state index is 0.0457. The van der Waals surface area contributed by atoms with Gasteiger partial charge in [0.2, 0.25) is 0 Å². The van der Waals surface area contributed by atoms with E-state index in [1.54, 1.807) is 13.8 Å². The Balaban J connectivity index is 2.32. The van der Waals surface area contributed by atoms with E-state index in [2.05, 4.69) is 12.2 Å². The highest BCUT2D eigenvalue weighted by Gasteiger charge is 2.59. The van der Waals surface area contributed by atoms with E-state index in [-0.39, 0.29) is 5.92 Å². The van der Waals surface area contributed by atoms with Crippen molar-refractivity contribution in [1.82, 2.24) is 0 Å². The summed E-state index contributed by atoms with van der Waals surface area (Å²) in [5.41, 5.74) is -1.08. The zero-order valence-electron chi connectivity index (χ0n) is 11.7. The Labute approximate surface area is 114 Å². The summed E-state index contributed by atoms with van der Waals surface area (Å²) in [4.78, 5) is 24.9. The molecular weight excluding hydrogens is 244 g/mol. The molecule has 0 amide bonds. The van der Waals surface area contributed by atoms with Gasteiger partial charge in [0.15, 0.2) is 5.41 Å². The minimum Gasteiger partial charge on any atom is -0.465 e. The second kappa shape index (κ2) is 5.76. The summed E-state index contributed by atoms with van der Waals surface area (Å²) in [5.74, 6) is -0.431. The van der Waals surface area contributed by atoms with Crippen molar-refractivity contribution in [3.05, 3.63) is 12.2 Å². The normalized spacial score (nSPS) is 27.7. The predicted molar refractivity (Wildman–Crippen MR) is 70.3 cm³/mol. The van der Waals surface area contributed by atoms with Gasteiger partial charge in [0.1, 0.15) is 0 Å². The number of allylic oxidation sites excluding steroid dienone is 2. The van der Waals surface area contributed by atoms with Gasteiger partial charge in [-0.15, -0.1) is 0 Å². The third-order valence-corrected chi connectivity index (χ3v) is 4.33. The summed E-state index contributed by atoms with van der Waals surface area (Å²) >= 11 is 0. The number of fused-ring (bicyclic) bond motifs is 1. The number of hydrogen-bond donors (Lipinski definition) is 0. The lowest BCUT2D eigenvalue weighted by Gasteiger charge is -2.44. The summed E-state index contributed by atoms with van der Waals surface area (Å²) in [6, 6.07) is 0. The van der Waals surface area contributed by atoms with E-state index in [4.69, 9.17) is 9.47 Å². The van der Waals surface area contributed by atoms with Gasteiger partial charge < -0.3 is 9.47 Å². The summed E-state index contributed by atoms with van der Waals surface area (Å²) < 4.78 is 10.4. The zero-order chi connectivity index (χ0) is 13.9. The Kier molecular flexibility index (Phi) is 4.27. The number of hydrogen-bond acceptors (Lipinski definition) is 4. The monoisotopic (exact) mass is 266 g/mol. The number of esters is 2. The van der Waals surface area contributed by atoms with Gasteiger partial charge in [0.25, 0.3) is 0 Å². The highest BCUT2D eigenvalue weighted by molar-refractivity contribution is 6.00. The smallest absolute Gasteiger partial charge is 0.323 e. The molecule has 106 valence electrons. The van der Waals surface area contributed by atoms with E-state index in [0.717, 1.165) is 19.3 Å². The molecule has 0 bridgehead atoms. The first kappa shape index (κ1) is 14.1. The molecule has 19 heavy (non-hydrogen) atoms. The third kappa shape index (κ3) is 2.28. The van der Waals surface area contributed by atoms with Gasteiger partial charge in [-0.25, -0.2) is 0 Å². The lowest BCUT2D eigenvalue weighted by atomic mass is 9.58. The van der Waals surface area contributed by atoms with E-state index >= 15 is 0 Å². The molecule has 4 nitrogen and oxygen atoms in total. The fraction of sp³-hybridized carbons (Fsp3) is 0.733. The van der Waals surface area contributed by atoms with Crippen molar-refractivity contribution in [3.63, 3.8) is 0 Å². The molecule has 0 aromatic heterocycles. The van der Waals surface area contributed by atoms with Crippen molar-refractivity contribution in [2.75, 3.05) is 13.2 Å². The maximum atomic E-state index is 12.4. The van der Waals surface area contributed by atoms with Crippen LogP contribution in [0.4, 0.5) is 0 Å². The van der Waals surface area contributed by atoms with E-state index in [1.165, 1.54) is 0 Å². The number of carbonyl (C=O) groups excluding carboxylic acids is 2. The van der Waals surface area contributed by atoms with E-state index in [9.17, 15) is 9.59 Å². The first-order valence-electron chi connectivity index (χ1n) is 7.18. The molecule has 0 N–H and O–H groups in total. The van der Waals surface area contributed by atoms with E-state index in [1.807, 2.05) is 0 Å². The molecule has 0 radical (unpaired) electrons. The zero-order valence-corrected chi connectivity index (χ0v) is 11.7. The van der Waals surface area contributed by atoms with Gasteiger partial charge in [0.05, 0.1) is 13.2 Å². The molecule has 0 heterocycles. The van der Waals surface area contributed by atoms with Crippen molar-refractivity contribution in [1.29, 1.82) is 0 Å². The molecule has 0 unspecified atom stereocenters. The Morgan fingerprint density at radius 3 is 2.26 bits per heavy atom. The topological polar surface area (TPSA) is 52.6 Å². The van der Waals surface area contributed by atoms with Crippen LogP contribution in [0.2, 0.25) is 0 Å². The quantitative estimate of drug-likeness (QED) is 0.445. The lowest BCUT2D eigenvalue weighted by Crippen LogP contribution is -2.52. The maximum Gasteiger partial charge on any atom is 0.323 e. The Hall–Kier alpha value is -1.32. The molecule has 4 heteroatoms. The average molecular weight is 266 g/mol. The van der Waals surface area contributed by atoms with Crippen LogP contribution in [0.5, 0.6) is 0 Å². The Morgan fingerprint density at radius 2 is 1.79 bits per heavy atom. The molecule has 2 aliphatic carbocycles. The van der Waals surface area contributed by atoms with Crippen LogP contribution >= 0.6 is 0 Å². The highest BCUT2D eigenvalue weighted by Crippen LogP contribution is 2.52. The summed E-state index contributed by atoms with van der Waals surface area (Å²) in [6.07, 6.45) is 7.40. The van der Waals surface area contributed by atoms with Gasteiger partial charge in [-0.1, -0.05) is 12.2 Å². The van der Waals surface area contributed by atoms with Gasteiger partial charge in [-0.2, -0.15) is 0 Å². The molecule has 0 saturated heterocycles. The van der Waals surface area contributed by atoms with Crippen LogP contribution in [-0.4, -0.2) is 25.2 Å². The Bertz CT molecular complexity index is 368. The Morgan fingerprint density at radius 1 is 1.16 bits per heavy atom. The van der Waals surface area contributed by atoms with Crippen LogP contribution in [0.1, 0.15) is 39.5 Å². The minimum atomic E-state index is -1.08. The molecule has 1 saturated carbocycles.